The third-order valence-corrected chi connectivity index (χ3v) is 5.78. The number of ether oxygens (including phenoxy) is 1. The van der Waals surface area contributed by atoms with Gasteiger partial charge in [-0.25, -0.2) is 4.98 Å². The Balaban J connectivity index is 1.75. The number of carbonyl (C=O) groups excluding carboxylic acids is 1. The van der Waals surface area contributed by atoms with E-state index in [-0.39, 0.29) is 5.91 Å². The highest BCUT2D eigenvalue weighted by Crippen LogP contribution is 2.32. The summed E-state index contributed by atoms with van der Waals surface area (Å²) in [6, 6.07) is 20.8. The summed E-state index contributed by atoms with van der Waals surface area (Å²) < 4.78 is 6.18. The van der Waals surface area contributed by atoms with E-state index < -0.39 is 0 Å². The fourth-order valence-corrected chi connectivity index (χ4v) is 4.16. The highest BCUT2D eigenvalue weighted by Gasteiger charge is 2.15. The molecule has 0 radical (unpaired) electrons. The zero-order chi connectivity index (χ0) is 18.8. The molecule has 0 saturated heterocycles. The van der Waals surface area contributed by atoms with Crippen LogP contribution in [0.2, 0.25) is 0 Å². The zero-order valence-electron chi connectivity index (χ0n) is 14.4. The van der Waals surface area contributed by atoms with E-state index in [4.69, 9.17) is 9.72 Å². The maximum atomic E-state index is 13.0. The topological polar surface area (TPSA) is 51.2 Å². The van der Waals surface area contributed by atoms with Gasteiger partial charge < -0.3 is 10.1 Å². The van der Waals surface area contributed by atoms with E-state index in [1.54, 1.807) is 18.4 Å². The van der Waals surface area contributed by atoms with Crippen LogP contribution in [0.15, 0.2) is 70.5 Å². The first kappa shape index (κ1) is 17.7. The number of nitrogens with zero attached hydrogens (tertiary/aromatic N) is 1. The van der Waals surface area contributed by atoms with Gasteiger partial charge in [-0.1, -0.05) is 18.2 Å². The lowest BCUT2D eigenvalue weighted by molar-refractivity contribution is 0.102. The number of thiophene rings is 1. The zero-order valence-corrected chi connectivity index (χ0v) is 16.8. The Bertz CT molecular complexity index is 1120. The van der Waals surface area contributed by atoms with Crippen molar-refractivity contribution in [1.82, 2.24) is 4.98 Å². The van der Waals surface area contributed by atoms with Crippen molar-refractivity contribution in [1.29, 1.82) is 0 Å². The van der Waals surface area contributed by atoms with Crippen LogP contribution in [0.4, 0.5) is 5.69 Å². The second-order valence-electron chi connectivity index (χ2n) is 5.86. The van der Waals surface area contributed by atoms with Crippen LogP contribution < -0.4 is 10.1 Å². The minimum Gasteiger partial charge on any atom is -0.497 e. The summed E-state index contributed by atoms with van der Waals surface area (Å²) in [5, 5.41) is 3.78. The number of aromatic nitrogens is 1. The first-order valence-electron chi connectivity index (χ1n) is 8.25. The Hall–Kier alpha value is -2.70. The van der Waals surface area contributed by atoms with Gasteiger partial charge in [0, 0.05) is 11.1 Å². The molecule has 0 bridgehead atoms. The molecule has 0 aliphatic heterocycles. The Morgan fingerprint density at radius 1 is 1.07 bits per heavy atom. The van der Waals surface area contributed by atoms with Crippen molar-refractivity contribution in [2.24, 2.45) is 0 Å². The summed E-state index contributed by atoms with van der Waals surface area (Å²) in [5.41, 5.74) is 2.88. The van der Waals surface area contributed by atoms with Crippen LogP contribution >= 0.6 is 27.3 Å². The van der Waals surface area contributed by atoms with Crippen molar-refractivity contribution in [2.75, 3.05) is 12.4 Å². The van der Waals surface area contributed by atoms with E-state index in [9.17, 15) is 4.79 Å². The molecule has 6 heteroatoms. The van der Waals surface area contributed by atoms with Crippen LogP contribution in [-0.4, -0.2) is 18.0 Å². The van der Waals surface area contributed by atoms with Crippen molar-refractivity contribution >= 4 is 49.8 Å². The number of anilines is 1. The van der Waals surface area contributed by atoms with Crippen molar-refractivity contribution in [3.05, 3.63) is 76.1 Å². The van der Waals surface area contributed by atoms with Gasteiger partial charge >= 0.3 is 0 Å². The first-order chi connectivity index (χ1) is 13.1. The van der Waals surface area contributed by atoms with Crippen LogP contribution in [0.1, 0.15) is 10.4 Å². The smallest absolute Gasteiger partial charge is 0.256 e. The molecule has 2 aromatic carbocycles. The van der Waals surface area contributed by atoms with E-state index in [0.717, 1.165) is 31.0 Å². The lowest BCUT2D eigenvalue weighted by Gasteiger charge is -2.10. The number of fused-ring (bicyclic) bond motifs is 1. The van der Waals surface area contributed by atoms with Gasteiger partial charge in [0.15, 0.2) is 0 Å². The van der Waals surface area contributed by atoms with Crippen LogP contribution in [0.25, 0.3) is 21.5 Å². The summed E-state index contributed by atoms with van der Waals surface area (Å²) in [7, 11) is 1.61. The number of methoxy groups -OCH3 is 1. The molecule has 4 rings (SSSR count). The van der Waals surface area contributed by atoms with Gasteiger partial charge in [-0.3, -0.25) is 4.79 Å². The number of amides is 1. The van der Waals surface area contributed by atoms with Gasteiger partial charge in [0.1, 0.15) is 5.75 Å². The Kier molecular flexibility index (Phi) is 4.92. The number of hydrogen-bond acceptors (Lipinski definition) is 4. The molecule has 0 aliphatic rings. The number of halogens is 1. The van der Waals surface area contributed by atoms with Gasteiger partial charge in [0.2, 0.25) is 0 Å². The molecule has 4 nitrogen and oxygen atoms in total. The molecule has 0 aliphatic carbocycles. The minimum atomic E-state index is -0.171. The van der Waals surface area contributed by atoms with E-state index in [1.165, 1.54) is 0 Å². The average molecular weight is 439 g/mol. The first-order valence-corrected chi connectivity index (χ1v) is 9.86. The van der Waals surface area contributed by atoms with E-state index in [0.29, 0.717) is 11.3 Å². The minimum absolute atomic E-state index is 0.171. The standard InChI is InChI=1S/C21H15BrN2O2S/c1-26-14-8-6-13(7-9-14)23-21(25)16-12-18(19-10-11-20(22)27-19)24-17-5-3-2-4-15(16)17/h2-12H,1H3,(H,23,25). The predicted molar refractivity (Wildman–Crippen MR) is 114 cm³/mol. The predicted octanol–water partition coefficient (Wildman–Crippen LogP) is 5.99. The molecule has 1 N–H and O–H groups in total. The second-order valence-corrected chi connectivity index (χ2v) is 8.32. The largest absolute Gasteiger partial charge is 0.497 e. The monoisotopic (exact) mass is 438 g/mol. The normalized spacial score (nSPS) is 10.7. The third kappa shape index (κ3) is 3.72. The van der Waals surface area contributed by atoms with Gasteiger partial charge in [-0.2, -0.15) is 0 Å². The van der Waals surface area contributed by atoms with Crippen molar-refractivity contribution in [3.63, 3.8) is 0 Å². The lowest BCUT2D eigenvalue weighted by atomic mass is 10.1. The molecule has 0 saturated carbocycles. The molecule has 27 heavy (non-hydrogen) atoms. The Labute approximate surface area is 169 Å². The maximum absolute atomic E-state index is 13.0. The van der Waals surface area contributed by atoms with Crippen LogP contribution in [0.5, 0.6) is 5.75 Å². The van der Waals surface area contributed by atoms with E-state index in [2.05, 4.69) is 21.2 Å². The molecule has 2 aromatic heterocycles. The lowest BCUT2D eigenvalue weighted by Crippen LogP contribution is -2.13. The van der Waals surface area contributed by atoms with Gasteiger partial charge in [-0.05, 0) is 64.5 Å². The van der Waals surface area contributed by atoms with Gasteiger partial charge in [-0.15, -0.1) is 11.3 Å². The number of para-hydroxylation sites is 1. The average Bonchev–Trinajstić information content (AvgIpc) is 3.14. The van der Waals surface area contributed by atoms with Crippen LogP contribution in [-0.2, 0) is 0 Å². The van der Waals surface area contributed by atoms with Crippen molar-refractivity contribution in [3.8, 4) is 16.3 Å². The second kappa shape index (κ2) is 7.50. The van der Waals surface area contributed by atoms with Crippen molar-refractivity contribution < 1.29 is 9.53 Å². The fourth-order valence-electron chi connectivity index (χ4n) is 2.81. The van der Waals surface area contributed by atoms with Gasteiger partial charge in [0.05, 0.1) is 32.5 Å². The summed E-state index contributed by atoms with van der Waals surface area (Å²) >= 11 is 5.07. The van der Waals surface area contributed by atoms with E-state index >= 15 is 0 Å². The Morgan fingerprint density at radius 3 is 2.56 bits per heavy atom. The third-order valence-electron chi connectivity index (χ3n) is 4.13. The molecule has 0 fully saturated rings. The maximum Gasteiger partial charge on any atom is 0.256 e. The molecule has 1 amide bonds. The number of rotatable bonds is 4. The summed E-state index contributed by atoms with van der Waals surface area (Å²) in [6.45, 7) is 0. The summed E-state index contributed by atoms with van der Waals surface area (Å²) in [4.78, 5) is 18.7. The molecule has 0 unspecified atom stereocenters. The SMILES string of the molecule is COc1ccc(NC(=O)c2cc(-c3ccc(Br)s3)nc3ccccc23)cc1. The molecule has 2 heterocycles. The fraction of sp³-hybridized carbons (Fsp3) is 0.0476. The molecular weight excluding hydrogens is 424 g/mol. The number of pyridine rings is 1. The highest BCUT2D eigenvalue weighted by molar-refractivity contribution is 9.11. The Morgan fingerprint density at radius 2 is 1.85 bits per heavy atom. The molecule has 134 valence electrons. The van der Waals surface area contributed by atoms with Gasteiger partial charge in [0.25, 0.3) is 5.91 Å². The molecule has 4 aromatic rings. The van der Waals surface area contributed by atoms with E-state index in [1.807, 2.05) is 66.7 Å². The van der Waals surface area contributed by atoms with Crippen LogP contribution in [0.3, 0.4) is 0 Å². The number of hydrogen-bond donors (Lipinski definition) is 1. The van der Waals surface area contributed by atoms with Crippen LogP contribution in [0, 0.1) is 0 Å². The summed E-state index contributed by atoms with van der Waals surface area (Å²) in [6.07, 6.45) is 0. The van der Waals surface area contributed by atoms with Crippen molar-refractivity contribution in [2.45, 2.75) is 0 Å². The molecule has 0 spiro atoms. The highest BCUT2D eigenvalue weighted by atomic mass is 79.9. The molecule has 0 atom stereocenters. The number of carbonyl (C=O) groups is 1. The number of nitrogens with one attached hydrogen (secondary N) is 1. The molecular formula is C21H15BrN2O2S. The summed E-state index contributed by atoms with van der Waals surface area (Å²) in [5.74, 6) is 0.573. The quantitative estimate of drug-likeness (QED) is 0.425. The number of benzene rings is 2.